The van der Waals surface area contributed by atoms with Crippen LogP contribution in [0.2, 0.25) is 0 Å². The minimum atomic E-state index is -1.37. The first-order valence-electron chi connectivity index (χ1n) is 10.9. The van der Waals surface area contributed by atoms with E-state index in [0.717, 1.165) is 0 Å². The number of carboxylic acid groups (broad SMARTS) is 1. The third kappa shape index (κ3) is 8.46. The summed E-state index contributed by atoms with van der Waals surface area (Å²) in [7, 11) is 0. The van der Waals surface area contributed by atoms with Crippen LogP contribution in [-0.4, -0.2) is 74.1 Å². The van der Waals surface area contributed by atoms with Gasteiger partial charge in [-0.05, 0) is 18.8 Å². The summed E-state index contributed by atoms with van der Waals surface area (Å²) >= 11 is 0. The zero-order chi connectivity index (χ0) is 25.3. The Morgan fingerprint density at radius 2 is 1.64 bits per heavy atom. The van der Waals surface area contributed by atoms with E-state index in [1.54, 1.807) is 27.7 Å². The van der Waals surface area contributed by atoms with Gasteiger partial charge < -0.3 is 36.9 Å². The van der Waals surface area contributed by atoms with Crippen LogP contribution in [0.15, 0.2) is 12.5 Å². The van der Waals surface area contributed by atoms with E-state index in [-0.39, 0.29) is 18.3 Å². The summed E-state index contributed by atoms with van der Waals surface area (Å²) in [6.07, 6.45) is 2.08. The van der Waals surface area contributed by atoms with Gasteiger partial charge in [-0.3, -0.25) is 14.4 Å². The topological polar surface area (TPSA) is 200 Å². The van der Waals surface area contributed by atoms with Gasteiger partial charge in [-0.15, -0.1) is 0 Å². The molecule has 0 fully saturated rings. The van der Waals surface area contributed by atoms with Gasteiger partial charge in [-0.2, -0.15) is 0 Å². The Bertz CT molecular complexity index is 797. The molecule has 1 rings (SSSR count). The van der Waals surface area contributed by atoms with Crippen LogP contribution >= 0.6 is 0 Å². The highest BCUT2D eigenvalue weighted by Crippen LogP contribution is 2.10. The van der Waals surface area contributed by atoms with Crippen molar-refractivity contribution in [1.82, 2.24) is 25.9 Å². The lowest BCUT2D eigenvalue weighted by Crippen LogP contribution is -2.60. The average Bonchev–Trinajstić information content (AvgIpc) is 3.26. The first-order valence-corrected chi connectivity index (χ1v) is 10.9. The van der Waals surface area contributed by atoms with Crippen LogP contribution in [-0.2, 0) is 25.6 Å². The normalized spacial score (nSPS) is 16.7. The molecule has 12 nitrogen and oxygen atoms in total. The predicted octanol–water partition coefficient (Wildman–Crippen LogP) is -1.10. The summed E-state index contributed by atoms with van der Waals surface area (Å²) in [5.41, 5.74) is 6.34. The zero-order valence-electron chi connectivity index (χ0n) is 19.7. The lowest BCUT2D eigenvalue weighted by atomic mass is 9.98. The number of aliphatic carboxylic acids is 1. The molecule has 8 N–H and O–H groups in total. The number of aromatic amines is 1. The number of aliphatic hydroxyl groups excluding tert-OH is 1. The molecule has 12 heteroatoms. The standard InChI is InChI=1S/C21H36N6O6/c1-6-11(4)16(21(32)33)26-18(29)14(7-13-8-23-9-24-13)25-20(31)17(12(5)28)27-19(30)15(22)10(2)3/h8-12,14-17,28H,6-7,22H2,1-5H3,(H,23,24)(H,25,31)(H,26,29)(H,27,30)(H,32,33). The number of nitrogens with two attached hydrogens (primary N) is 1. The van der Waals surface area contributed by atoms with E-state index in [0.29, 0.717) is 12.1 Å². The number of carbonyl (C=O) groups is 4. The highest BCUT2D eigenvalue weighted by molar-refractivity contribution is 5.94. The van der Waals surface area contributed by atoms with Crippen molar-refractivity contribution in [3.8, 4) is 0 Å². The van der Waals surface area contributed by atoms with Gasteiger partial charge in [0.15, 0.2) is 0 Å². The molecule has 186 valence electrons. The second-order valence-electron chi connectivity index (χ2n) is 8.55. The van der Waals surface area contributed by atoms with Crippen molar-refractivity contribution in [3.05, 3.63) is 18.2 Å². The fraction of sp³-hybridized carbons (Fsp3) is 0.667. The van der Waals surface area contributed by atoms with Gasteiger partial charge in [0.05, 0.1) is 18.5 Å². The van der Waals surface area contributed by atoms with Crippen LogP contribution < -0.4 is 21.7 Å². The van der Waals surface area contributed by atoms with E-state index in [1.807, 2.05) is 0 Å². The van der Waals surface area contributed by atoms with Crippen molar-refractivity contribution in [2.75, 3.05) is 0 Å². The molecule has 0 aliphatic carbocycles. The number of imidazole rings is 1. The third-order valence-electron chi connectivity index (χ3n) is 5.47. The van der Waals surface area contributed by atoms with Gasteiger partial charge in [-0.25, -0.2) is 9.78 Å². The number of amides is 3. The summed E-state index contributed by atoms with van der Waals surface area (Å²) < 4.78 is 0. The maximum Gasteiger partial charge on any atom is 0.326 e. The lowest BCUT2D eigenvalue weighted by molar-refractivity contribution is -0.144. The minimum absolute atomic E-state index is 0.0175. The molecule has 33 heavy (non-hydrogen) atoms. The Kier molecular flexibility index (Phi) is 11.0. The van der Waals surface area contributed by atoms with E-state index < -0.39 is 54.0 Å². The summed E-state index contributed by atoms with van der Waals surface area (Å²) in [5.74, 6) is -3.90. The van der Waals surface area contributed by atoms with Gasteiger partial charge in [0, 0.05) is 18.3 Å². The monoisotopic (exact) mass is 468 g/mol. The van der Waals surface area contributed by atoms with Gasteiger partial charge in [0.1, 0.15) is 18.1 Å². The third-order valence-corrected chi connectivity index (χ3v) is 5.47. The number of aromatic nitrogens is 2. The fourth-order valence-electron chi connectivity index (χ4n) is 2.98. The van der Waals surface area contributed by atoms with Crippen LogP contribution in [0.25, 0.3) is 0 Å². The molecule has 6 unspecified atom stereocenters. The largest absolute Gasteiger partial charge is 0.480 e. The van der Waals surface area contributed by atoms with Crippen molar-refractivity contribution in [1.29, 1.82) is 0 Å². The maximum atomic E-state index is 13.0. The number of hydrogen-bond donors (Lipinski definition) is 7. The number of rotatable bonds is 13. The smallest absolute Gasteiger partial charge is 0.326 e. The zero-order valence-corrected chi connectivity index (χ0v) is 19.7. The van der Waals surface area contributed by atoms with E-state index in [2.05, 4.69) is 25.9 Å². The molecule has 0 aliphatic heterocycles. The molecule has 0 aliphatic rings. The van der Waals surface area contributed by atoms with E-state index >= 15 is 0 Å². The Morgan fingerprint density at radius 1 is 1.03 bits per heavy atom. The first kappa shape index (κ1) is 28.0. The van der Waals surface area contributed by atoms with E-state index in [1.165, 1.54) is 19.4 Å². The average molecular weight is 469 g/mol. The highest BCUT2D eigenvalue weighted by atomic mass is 16.4. The molecule has 1 aromatic rings. The van der Waals surface area contributed by atoms with Gasteiger partial charge >= 0.3 is 5.97 Å². The molecule has 0 saturated heterocycles. The van der Waals surface area contributed by atoms with Crippen molar-refractivity contribution >= 4 is 23.7 Å². The molecular formula is C21H36N6O6. The number of nitrogens with one attached hydrogen (secondary N) is 4. The SMILES string of the molecule is CCC(C)C(NC(=O)C(Cc1cnc[nH]1)NC(=O)C(NC(=O)C(N)C(C)C)C(C)O)C(=O)O. The lowest BCUT2D eigenvalue weighted by Gasteiger charge is -2.27. The second kappa shape index (κ2) is 12.9. The number of nitrogens with zero attached hydrogens (tertiary/aromatic N) is 1. The predicted molar refractivity (Wildman–Crippen MR) is 120 cm³/mol. The molecule has 1 aromatic heterocycles. The number of H-pyrrole nitrogens is 1. The van der Waals surface area contributed by atoms with E-state index in [4.69, 9.17) is 5.73 Å². The van der Waals surface area contributed by atoms with Crippen molar-refractivity contribution < 1.29 is 29.4 Å². The molecule has 3 amide bonds. The second-order valence-corrected chi connectivity index (χ2v) is 8.55. The number of carbonyl (C=O) groups excluding carboxylic acids is 3. The van der Waals surface area contributed by atoms with Crippen LogP contribution in [0.5, 0.6) is 0 Å². The molecule has 0 radical (unpaired) electrons. The Balaban J connectivity index is 3.07. The van der Waals surface area contributed by atoms with Gasteiger partial charge in [0.25, 0.3) is 0 Å². The first-order chi connectivity index (χ1) is 15.4. The molecule has 1 heterocycles. The van der Waals surface area contributed by atoms with E-state index in [9.17, 15) is 29.4 Å². The van der Waals surface area contributed by atoms with Crippen LogP contribution in [0, 0.1) is 11.8 Å². The Morgan fingerprint density at radius 3 is 2.09 bits per heavy atom. The number of carboxylic acids is 1. The van der Waals surface area contributed by atoms with Crippen LogP contribution in [0.4, 0.5) is 0 Å². The van der Waals surface area contributed by atoms with Gasteiger partial charge in [-0.1, -0.05) is 34.1 Å². The molecule has 0 spiro atoms. The molecular weight excluding hydrogens is 432 g/mol. The summed E-state index contributed by atoms with van der Waals surface area (Å²) in [6.45, 7) is 8.29. The number of aliphatic hydroxyl groups is 1. The van der Waals surface area contributed by atoms with Crippen molar-refractivity contribution in [2.45, 2.75) is 77.7 Å². The van der Waals surface area contributed by atoms with Crippen molar-refractivity contribution in [2.24, 2.45) is 17.6 Å². The Labute approximate surface area is 193 Å². The van der Waals surface area contributed by atoms with Crippen LogP contribution in [0.1, 0.15) is 46.7 Å². The fourth-order valence-corrected chi connectivity index (χ4v) is 2.98. The summed E-state index contributed by atoms with van der Waals surface area (Å²) in [4.78, 5) is 56.5. The maximum absolute atomic E-state index is 13.0. The molecule has 0 aromatic carbocycles. The molecule has 0 bridgehead atoms. The van der Waals surface area contributed by atoms with Crippen molar-refractivity contribution in [3.63, 3.8) is 0 Å². The minimum Gasteiger partial charge on any atom is -0.480 e. The number of hydrogen-bond acceptors (Lipinski definition) is 7. The summed E-state index contributed by atoms with van der Waals surface area (Å²) in [6, 6.07) is -4.61. The van der Waals surface area contributed by atoms with Crippen LogP contribution in [0.3, 0.4) is 0 Å². The highest BCUT2D eigenvalue weighted by Gasteiger charge is 2.34. The molecule has 6 atom stereocenters. The summed E-state index contributed by atoms with van der Waals surface area (Å²) in [5, 5.41) is 27.0. The Hall–Kier alpha value is -2.99. The van der Waals surface area contributed by atoms with Gasteiger partial charge in [0.2, 0.25) is 17.7 Å². The quantitative estimate of drug-likeness (QED) is 0.189. The molecule has 0 saturated carbocycles.